The number of aromatic nitrogens is 2. The van der Waals surface area contributed by atoms with Gasteiger partial charge in [-0.25, -0.2) is 9.37 Å². The molecule has 0 fully saturated rings. The Morgan fingerprint density at radius 2 is 1.89 bits per heavy atom. The molecule has 27 heavy (non-hydrogen) atoms. The third kappa shape index (κ3) is 4.01. The monoisotopic (exact) mass is 377 g/mol. The van der Waals surface area contributed by atoms with E-state index in [1.165, 1.54) is 23.5 Å². The van der Waals surface area contributed by atoms with E-state index in [9.17, 15) is 9.18 Å². The van der Waals surface area contributed by atoms with Gasteiger partial charge < -0.3 is 5.32 Å². The first kappa shape index (κ1) is 17.3. The number of pyridine rings is 1. The second-order valence-corrected chi connectivity index (χ2v) is 6.94. The molecular weight excluding hydrogens is 361 g/mol. The Balaban J connectivity index is 1.40. The summed E-state index contributed by atoms with van der Waals surface area (Å²) in [5.74, 6) is -0.348. The number of aryl methyl sites for hydroxylation is 1. The van der Waals surface area contributed by atoms with Crippen molar-refractivity contribution in [1.29, 1.82) is 0 Å². The van der Waals surface area contributed by atoms with Crippen molar-refractivity contribution in [3.05, 3.63) is 77.7 Å². The molecule has 6 heteroatoms. The first-order valence-corrected chi connectivity index (χ1v) is 9.41. The number of hydrogen-bond acceptors (Lipinski definition) is 4. The molecule has 0 spiro atoms. The quantitative estimate of drug-likeness (QED) is 0.528. The zero-order valence-electron chi connectivity index (χ0n) is 14.4. The number of nitrogens with zero attached hydrogens (tertiary/aromatic N) is 2. The van der Waals surface area contributed by atoms with Gasteiger partial charge in [0.25, 0.3) is 0 Å². The number of amides is 1. The Labute approximate surface area is 159 Å². The molecule has 0 saturated carbocycles. The van der Waals surface area contributed by atoms with E-state index in [-0.39, 0.29) is 11.7 Å². The first-order chi connectivity index (χ1) is 13.2. The Hall–Kier alpha value is -3.12. The molecule has 0 unspecified atom stereocenters. The number of hydrogen-bond donors (Lipinski definition) is 1. The van der Waals surface area contributed by atoms with Crippen molar-refractivity contribution in [2.24, 2.45) is 0 Å². The van der Waals surface area contributed by atoms with Crippen molar-refractivity contribution in [2.75, 3.05) is 5.32 Å². The van der Waals surface area contributed by atoms with Gasteiger partial charge in [0, 0.05) is 28.9 Å². The summed E-state index contributed by atoms with van der Waals surface area (Å²) in [4.78, 5) is 21.2. The molecule has 0 aliphatic heterocycles. The maximum atomic E-state index is 13.0. The number of carbonyl (C=O) groups is 1. The van der Waals surface area contributed by atoms with Gasteiger partial charge in [0.2, 0.25) is 5.91 Å². The summed E-state index contributed by atoms with van der Waals surface area (Å²) in [6, 6.07) is 15.8. The summed E-state index contributed by atoms with van der Waals surface area (Å²) in [6.45, 7) is 0. The molecule has 0 aliphatic carbocycles. The van der Waals surface area contributed by atoms with Crippen LogP contribution in [0.25, 0.3) is 21.5 Å². The fraction of sp³-hybridized carbons (Fsp3) is 0.0952. The SMILES string of the molecule is O=C(CCc1csc(-c2ccc(F)cc2)n1)Nc1cccc2cccnc12. The standard InChI is InChI=1S/C21H16FN3OS/c22-16-8-6-15(7-9-16)21-24-17(13-27-21)10-11-19(26)25-18-5-1-3-14-4-2-12-23-20(14)18/h1-9,12-13H,10-11H2,(H,25,26). The predicted molar refractivity (Wildman–Crippen MR) is 106 cm³/mol. The van der Waals surface area contributed by atoms with Gasteiger partial charge in [-0.3, -0.25) is 9.78 Å². The first-order valence-electron chi connectivity index (χ1n) is 8.53. The van der Waals surface area contributed by atoms with Crippen molar-refractivity contribution >= 4 is 33.8 Å². The van der Waals surface area contributed by atoms with Crippen molar-refractivity contribution in [1.82, 2.24) is 9.97 Å². The summed E-state index contributed by atoms with van der Waals surface area (Å²) in [5.41, 5.74) is 3.22. The number of nitrogens with one attached hydrogen (secondary N) is 1. The maximum absolute atomic E-state index is 13.0. The Morgan fingerprint density at radius 1 is 1.07 bits per heavy atom. The molecule has 1 N–H and O–H groups in total. The van der Waals surface area contributed by atoms with Crippen molar-refractivity contribution in [3.63, 3.8) is 0 Å². The van der Waals surface area contributed by atoms with Gasteiger partial charge in [-0.1, -0.05) is 18.2 Å². The van der Waals surface area contributed by atoms with Crippen LogP contribution in [0.5, 0.6) is 0 Å². The van der Waals surface area contributed by atoms with Crippen molar-refractivity contribution in [2.45, 2.75) is 12.8 Å². The molecule has 2 aromatic heterocycles. The number of carbonyl (C=O) groups excluding carboxylic acids is 1. The van der Waals surface area contributed by atoms with Crippen molar-refractivity contribution < 1.29 is 9.18 Å². The largest absolute Gasteiger partial charge is 0.324 e. The molecule has 0 atom stereocenters. The van der Waals surface area contributed by atoms with Gasteiger partial charge >= 0.3 is 0 Å². The topological polar surface area (TPSA) is 54.9 Å². The number of halogens is 1. The highest BCUT2D eigenvalue weighted by molar-refractivity contribution is 7.13. The lowest BCUT2D eigenvalue weighted by atomic mass is 10.2. The molecule has 4 rings (SSSR count). The van der Waals surface area contributed by atoms with E-state index < -0.39 is 0 Å². The molecule has 1 amide bonds. The van der Waals surface area contributed by atoms with E-state index in [0.717, 1.165) is 27.2 Å². The number of rotatable bonds is 5. The zero-order valence-corrected chi connectivity index (χ0v) is 15.2. The maximum Gasteiger partial charge on any atom is 0.224 e. The lowest BCUT2D eigenvalue weighted by Crippen LogP contribution is -2.13. The van der Waals surface area contributed by atoms with Gasteiger partial charge in [-0.2, -0.15) is 0 Å². The summed E-state index contributed by atoms with van der Waals surface area (Å²) < 4.78 is 13.0. The van der Waals surface area contributed by atoms with E-state index >= 15 is 0 Å². The van der Waals surface area contributed by atoms with Gasteiger partial charge in [0.05, 0.1) is 16.9 Å². The lowest BCUT2D eigenvalue weighted by molar-refractivity contribution is -0.116. The van der Waals surface area contributed by atoms with Gasteiger partial charge in [0.1, 0.15) is 10.8 Å². The Kier molecular flexibility index (Phi) is 4.89. The minimum absolute atomic E-state index is 0.0792. The fourth-order valence-electron chi connectivity index (χ4n) is 2.81. The highest BCUT2D eigenvalue weighted by Gasteiger charge is 2.10. The number of para-hydroxylation sites is 1. The number of benzene rings is 2. The second kappa shape index (κ2) is 7.63. The van der Waals surface area contributed by atoms with Crippen LogP contribution in [-0.2, 0) is 11.2 Å². The van der Waals surface area contributed by atoms with Gasteiger partial charge in [-0.05, 0) is 42.8 Å². The van der Waals surface area contributed by atoms with E-state index in [4.69, 9.17) is 0 Å². The summed E-state index contributed by atoms with van der Waals surface area (Å²) in [7, 11) is 0. The summed E-state index contributed by atoms with van der Waals surface area (Å²) >= 11 is 1.49. The summed E-state index contributed by atoms with van der Waals surface area (Å²) in [5, 5.41) is 6.68. The van der Waals surface area contributed by atoms with Gasteiger partial charge in [0.15, 0.2) is 0 Å². The van der Waals surface area contributed by atoms with Crippen LogP contribution >= 0.6 is 11.3 Å². The van der Waals surface area contributed by atoms with Crippen LogP contribution in [0.1, 0.15) is 12.1 Å². The summed E-state index contributed by atoms with van der Waals surface area (Å²) in [6.07, 6.45) is 2.59. The smallest absolute Gasteiger partial charge is 0.224 e. The normalized spacial score (nSPS) is 10.9. The highest BCUT2D eigenvalue weighted by atomic mass is 32.1. The van der Waals surface area contributed by atoms with Crippen LogP contribution in [0.2, 0.25) is 0 Å². The Bertz CT molecular complexity index is 1090. The van der Waals surface area contributed by atoms with E-state index in [0.29, 0.717) is 18.5 Å². The molecule has 0 aliphatic rings. The van der Waals surface area contributed by atoms with Crippen LogP contribution in [0, 0.1) is 5.82 Å². The van der Waals surface area contributed by atoms with E-state index in [1.54, 1.807) is 18.3 Å². The van der Waals surface area contributed by atoms with Crippen LogP contribution in [0.3, 0.4) is 0 Å². The van der Waals surface area contributed by atoms with Crippen LogP contribution in [0.15, 0.2) is 66.2 Å². The number of anilines is 1. The average Bonchev–Trinajstić information content (AvgIpc) is 3.16. The third-order valence-electron chi connectivity index (χ3n) is 4.16. The second-order valence-electron chi connectivity index (χ2n) is 6.08. The highest BCUT2D eigenvalue weighted by Crippen LogP contribution is 2.25. The third-order valence-corrected chi connectivity index (χ3v) is 5.10. The van der Waals surface area contributed by atoms with Crippen LogP contribution in [-0.4, -0.2) is 15.9 Å². The zero-order chi connectivity index (χ0) is 18.6. The molecule has 4 aromatic rings. The molecule has 0 saturated heterocycles. The molecule has 2 heterocycles. The molecule has 0 radical (unpaired) electrons. The lowest BCUT2D eigenvalue weighted by Gasteiger charge is -2.07. The predicted octanol–water partition coefficient (Wildman–Crippen LogP) is 5.07. The van der Waals surface area contributed by atoms with Crippen LogP contribution in [0.4, 0.5) is 10.1 Å². The molecule has 2 aromatic carbocycles. The molecule has 0 bridgehead atoms. The molecule has 134 valence electrons. The van der Waals surface area contributed by atoms with Gasteiger partial charge in [-0.15, -0.1) is 11.3 Å². The van der Waals surface area contributed by atoms with Crippen molar-refractivity contribution in [3.8, 4) is 10.6 Å². The minimum atomic E-state index is -0.268. The molecule has 4 nitrogen and oxygen atoms in total. The number of thiazole rings is 1. The Morgan fingerprint density at radius 3 is 2.74 bits per heavy atom. The van der Waals surface area contributed by atoms with Crippen LogP contribution < -0.4 is 5.32 Å². The minimum Gasteiger partial charge on any atom is -0.324 e. The number of fused-ring (bicyclic) bond motifs is 1. The van der Waals surface area contributed by atoms with E-state index in [2.05, 4.69) is 15.3 Å². The average molecular weight is 377 g/mol. The fourth-order valence-corrected chi connectivity index (χ4v) is 3.67. The molecular formula is C21H16FN3OS. The van der Waals surface area contributed by atoms with E-state index in [1.807, 2.05) is 35.7 Å².